The number of nitrogen functional groups attached to an aromatic ring is 1. The number of rotatable bonds is 3. The van der Waals surface area contributed by atoms with Crippen LogP contribution in [-0.4, -0.2) is 4.98 Å². The molecule has 106 valence electrons. The standard InChI is InChI=1S/C17H16BrN3/c1-2-11-9-13(18)4-6-15(11)20-17-8-3-12-10-14(19)5-7-16(12)21-17/h3-10H,2,19H2,1H3,(H,20,21). The summed E-state index contributed by atoms with van der Waals surface area (Å²) < 4.78 is 1.09. The molecule has 0 aliphatic rings. The van der Waals surface area contributed by atoms with E-state index in [1.54, 1.807) is 0 Å². The molecular weight excluding hydrogens is 326 g/mol. The minimum atomic E-state index is 0.756. The number of aromatic nitrogens is 1. The summed E-state index contributed by atoms with van der Waals surface area (Å²) in [5.41, 5.74) is 9.82. The van der Waals surface area contributed by atoms with Gasteiger partial charge in [-0.15, -0.1) is 0 Å². The largest absolute Gasteiger partial charge is 0.399 e. The predicted octanol–water partition coefficient (Wildman–Crippen LogP) is 4.89. The van der Waals surface area contributed by atoms with Gasteiger partial charge in [0.05, 0.1) is 5.52 Å². The average molecular weight is 342 g/mol. The van der Waals surface area contributed by atoms with Crippen molar-refractivity contribution in [3.05, 3.63) is 58.6 Å². The number of anilines is 3. The van der Waals surface area contributed by atoms with Crippen molar-refractivity contribution in [3.63, 3.8) is 0 Å². The summed E-state index contributed by atoms with van der Waals surface area (Å²) in [7, 11) is 0. The highest BCUT2D eigenvalue weighted by Gasteiger charge is 2.04. The van der Waals surface area contributed by atoms with E-state index in [9.17, 15) is 0 Å². The van der Waals surface area contributed by atoms with Crippen molar-refractivity contribution in [1.29, 1.82) is 0 Å². The van der Waals surface area contributed by atoms with E-state index in [1.807, 2.05) is 36.4 Å². The van der Waals surface area contributed by atoms with Gasteiger partial charge in [0.15, 0.2) is 0 Å². The molecule has 0 radical (unpaired) electrons. The Kier molecular flexibility index (Phi) is 3.80. The fourth-order valence-corrected chi connectivity index (χ4v) is 2.74. The zero-order valence-corrected chi connectivity index (χ0v) is 13.3. The lowest BCUT2D eigenvalue weighted by Gasteiger charge is -2.11. The van der Waals surface area contributed by atoms with Gasteiger partial charge in [0, 0.05) is 21.2 Å². The van der Waals surface area contributed by atoms with Crippen molar-refractivity contribution in [2.45, 2.75) is 13.3 Å². The Morgan fingerprint density at radius 2 is 1.95 bits per heavy atom. The quantitative estimate of drug-likeness (QED) is 0.667. The maximum Gasteiger partial charge on any atom is 0.131 e. The summed E-state index contributed by atoms with van der Waals surface area (Å²) in [5.74, 6) is 0.837. The van der Waals surface area contributed by atoms with Crippen molar-refractivity contribution in [2.24, 2.45) is 0 Å². The minimum Gasteiger partial charge on any atom is -0.399 e. The molecule has 0 aliphatic carbocycles. The number of hydrogen-bond donors (Lipinski definition) is 2. The molecule has 0 bridgehead atoms. The molecule has 3 rings (SSSR count). The van der Waals surface area contributed by atoms with Crippen molar-refractivity contribution in [3.8, 4) is 0 Å². The molecule has 0 spiro atoms. The molecule has 0 amide bonds. The summed E-state index contributed by atoms with van der Waals surface area (Å²) in [5, 5.41) is 4.44. The molecule has 1 aromatic heterocycles. The van der Waals surface area contributed by atoms with E-state index in [0.717, 1.165) is 39.0 Å². The average Bonchev–Trinajstić information content (AvgIpc) is 2.49. The third-order valence-corrected chi connectivity index (χ3v) is 3.92. The molecule has 2 aromatic carbocycles. The van der Waals surface area contributed by atoms with E-state index in [1.165, 1.54) is 5.56 Å². The monoisotopic (exact) mass is 341 g/mol. The Morgan fingerprint density at radius 1 is 1.10 bits per heavy atom. The Hall–Kier alpha value is -2.07. The zero-order chi connectivity index (χ0) is 14.8. The van der Waals surface area contributed by atoms with Crippen molar-refractivity contribution in [1.82, 2.24) is 4.98 Å². The molecule has 0 aliphatic heterocycles. The number of halogens is 1. The van der Waals surface area contributed by atoms with Crippen LogP contribution in [-0.2, 0) is 6.42 Å². The number of benzene rings is 2. The van der Waals surface area contributed by atoms with Crippen LogP contribution in [0.4, 0.5) is 17.2 Å². The minimum absolute atomic E-state index is 0.756. The maximum absolute atomic E-state index is 5.79. The molecular formula is C17H16BrN3. The normalized spacial score (nSPS) is 10.8. The van der Waals surface area contributed by atoms with Crippen LogP contribution in [0.2, 0.25) is 0 Å². The van der Waals surface area contributed by atoms with Crippen LogP contribution >= 0.6 is 15.9 Å². The van der Waals surface area contributed by atoms with Gasteiger partial charge in [0.2, 0.25) is 0 Å². The summed E-state index contributed by atoms with van der Waals surface area (Å²) >= 11 is 3.51. The van der Waals surface area contributed by atoms with Crippen molar-refractivity contribution >= 4 is 44.0 Å². The highest BCUT2D eigenvalue weighted by molar-refractivity contribution is 9.10. The topological polar surface area (TPSA) is 50.9 Å². The first kappa shape index (κ1) is 13.9. The van der Waals surface area contributed by atoms with Crippen LogP contribution in [0.15, 0.2) is 53.0 Å². The van der Waals surface area contributed by atoms with E-state index in [0.29, 0.717) is 0 Å². The number of hydrogen-bond acceptors (Lipinski definition) is 3. The maximum atomic E-state index is 5.79. The smallest absolute Gasteiger partial charge is 0.131 e. The number of fused-ring (bicyclic) bond motifs is 1. The van der Waals surface area contributed by atoms with Crippen molar-refractivity contribution in [2.75, 3.05) is 11.1 Å². The van der Waals surface area contributed by atoms with Gasteiger partial charge >= 0.3 is 0 Å². The number of nitrogens with two attached hydrogens (primary N) is 1. The number of nitrogens with one attached hydrogen (secondary N) is 1. The van der Waals surface area contributed by atoms with Crippen molar-refractivity contribution < 1.29 is 0 Å². The summed E-state index contributed by atoms with van der Waals surface area (Å²) in [6, 6.07) is 16.0. The molecule has 0 unspecified atom stereocenters. The van der Waals surface area contributed by atoms with Crippen LogP contribution in [0.3, 0.4) is 0 Å². The second-order valence-corrected chi connectivity index (χ2v) is 5.84. The third kappa shape index (κ3) is 3.00. The third-order valence-electron chi connectivity index (χ3n) is 3.42. The lowest BCUT2D eigenvalue weighted by molar-refractivity contribution is 1.13. The highest BCUT2D eigenvalue weighted by Crippen LogP contribution is 2.25. The Morgan fingerprint density at radius 3 is 2.76 bits per heavy atom. The molecule has 3 nitrogen and oxygen atoms in total. The SMILES string of the molecule is CCc1cc(Br)ccc1Nc1ccc2cc(N)ccc2n1. The number of aryl methyl sites for hydroxylation is 1. The van der Waals surface area contributed by atoms with Gasteiger partial charge in [-0.05, 0) is 60.5 Å². The summed E-state index contributed by atoms with van der Waals surface area (Å²) in [4.78, 5) is 4.63. The van der Waals surface area contributed by atoms with Gasteiger partial charge < -0.3 is 11.1 Å². The van der Waals surface area contributed by atoms with E-state index in [4.69, 9.17) is 5.73 Å². The molecule has 0 saturated heterocycles. The van der Waals surface area contributed by atoms with Gasteiger partial charge in [-0.3, -0.25) is 0 Å². The van der Waals surface area contributed by atoms with Gasteiger partial charge in [-0.1, -0.05) is 22.9 Å². The predicted molar refractivity (Wildman–Crippen MR) is 93.0 cm³/mol. The molecule has 0 saturated carbocycles. The Bertz CT molecular complexity index is 799. The zero-order valence-electron chi connectivity index (χ0n) is 11.7. The van der Waals surface area contributed by atoms with Gasteiger partial charge in [0.25, 0.3) is 0 Å². The molecule has 0 atom stereocenters. The highest BCUT2D eigenvalue weighted by atomic mass is 79.9. The lowest BCUT2D eigenvalue weighted by Crippen LogP contribution is -1.97. The Balaban J connectivity index is 1.96. The molecule has 3 aromatic rings. The second kappa shape index (κ2) is 5.74. The first-order valence-corrected chi connectivity index (χ1v) is 7.67. The fraction of sp³-hybridized carbons (Fsp3) is 0.118. The van der Waals surface area contributed by atoms with E-state index >= 15 is 0 Å². The first-order chi connectivity index (χ1) is 10.2. The van der Waals surface area contributed by atoms with Crippen LogP contribution in [0.5, 0.6) is 0 Å². The molecule has 21 heavy (non-hydrogen) atoms. The van der Waals surface area contributed by atoms with Crippen LogP contribution < -0.4 is 11.1 Å². The molecule has 0 fully saturated rings. The molecule has 4 heteroatoms. The molecule has 1 heterocycles. The van der Waals surface area contributed by atoms with E-state index < -0.39 is 0 Å². The lowest BCUT2D eigenvalue weighted by atomic mass is 10.1. The first-order valence-electron chi connectivity index (χ1n) is 6.87. The van der Waals surface area contributed by atoms with E-state index in [2.05, 4.69) is 45.3 Å². The summed E-state index contributed by atoms with van der Waals surface area (Å²) in [6.45, 7) is 2.14. The van der Waals surface area contributed by atoms with Gasteiger partial charge in [-0.2, -0.15) is 0 Å². The van der Waals surface area contributed by atoms with Crippen LogP contribution in [0, 0.1) is 0 Å². The van der Waals surface area contributed by atoms with Crippen LogP contribution in [0.1, 0.15) is 12.5 Å². The van der Waals surface area contributed by atoms with E-state index in [-0.39, 0.29) is 0 Å². The fourth-order valence-electron chi connectivity index (χ4n) is 2.33. The number of nitrogens with zero attached hydrogens (tertiary/aromatic N) is 1. The Labute approximate surface area is 132 Å². The number of pyridine rings is 1. The second-order valence-electron chi connectivity index (χ2n) is 4.93. The summed E-state index contributed by atoms with van der Waals surface area (Å²) in [6.07, 6.45) is 0.964. The molecule has 3 N–H and O–H groups in total. The van der Waals surface area contributed by atoms with Gasteiger partial charge in [-0.25, -0.2) is 4.98 Å². The van der Waals surface area contributed by atoms with Gasteiger partial charge in [0.1, 0.15) is 5.82 Å². The van der Waals surface area contributed by atoms with Crippen LogP contribution in [0.25, 0.3) is 10.9 Å².